The molecule has 5 nitrogen and oxygen atoms in total. The first-order valence-electron chi connectivity index (χ1n) is 6.31. The molecular formula is C14H16N4O. The molecule has 2 N–H and O–H groups in total. The van der Waals surface area contributed by atoms with Crippen LogP contribution in [0, 0.1) is 0 Å². The van der Waals surface area contributed by atoms with Gasteiger partial charge in [-0.05, 0) is 17.5 Å². The van der Waals surface area contributed by atoms with E-state index < -0.39 is 0 Å². The highest BCUT2D eigenvalue weighted by molar-refractivity contribution is 5.93. The molecule has 0 saturated heterocycles. The van der Waals surface area contributed by atoms with Crippen LogP contribution in [0.25, 0.3) is 0 Å². The summed E-state index contributed by atoms with van der Waals surface area (Å²) in [5.41, 5.74) is 8.67. The minimum atomic E-state index is -0.0539. The van der Waals surface area contributed by atoms with Gasteiger partial charge in [0.25, 0.3) is 5.91 Å². The molecule has 2 aromatic rings. The van der Waals surface area contributed by atoms with Crippen molar-refractivity contribution in [2.24, 2.45) is 7.05 Å². The van der Waals surface area contributed by atoms with Gasteiger partial charge in [0.15, 0.2) is 5.69 Å². The standard InChI is InChI=1S/C14H16N4O/c1-17-13(15)8-12(16-17)14(19)18-7-6-10-4-2-3-5-11(10)9-18/h2-5,8H,6-7,9,15H2,1H3. The van der Waals surface area contributed by atoms with Crippen molar-refractivity contribution in [3.63, 3.8) is 0 Å². The van der Waals surface area contributed by atoms with Gasteiger partial charge in [0, 0.05) is 26.2 Å². The van der Waals surface area contributed by atoms with Crippen LogP contribution in [0.1, 0.15) is 21.6 Å². The van der Waals surface area contributed by atoms with E-state index in [1.807, 2.05) is 17.0 Å². The van der Waals surface area contributed by atoms with Crippen LogP contribution in [0.5, 0.6) is 0 Å². The predicted octanol–water partition coefficient (Wildman–Crippen LogP) is 1.20. The number of carbonyl (C=O) groups excluding carboxylic acids is 1. The van der Waals surface area contributed by atoms with E-state index >= 15 is 0 Å². The van der Waals surface area contributed by atoms with E-state index in [9.17, 15) is 4.79 Å². The third-order valence-corrected chi connectivity index (χ3v) is 3.55. The molecule has 0 saturated carbocycles. The van der Waals surface area contributed by atoms with Gasteiger partial charge in [-0.25, -0.2) is 0 Å². The molecule has 1 aliphatic heterocycles. The molecule has 19 heavy (non-hydrogen) atoms. The van der Waals surface area contributed by atoms with Crippen molar-refractivity contribution < 1.29 is 4.79 Å². The minimum Gasteiger partial charge on any atom is -0.384 e. The summed E-state index contributed by atoms with van der Waals surface area (Å²) in [7, 11) is 1.73. The Labute approximate surface area is 111 Å². The van der Waals surface area contributed by atoms with Crippen molar-refractivity contribution in [2.75, 3.05) is 12.3 Å². The lowest BCUT2D eigenvalue weighted by molar-refractivity contribution is 0.0728. The number of amides is 1. The van der Waals surface area contributed by atoms with Crippen molar-refractivity contribution in [1.82, 2.24) is 14.7 Å². The molecule has 1 aliphatic rings. The summed E-state index contributed by atoms with van der Waals surface area (Å²) in [6, 6.07) is 9.86. The molecule has 0 aliphatic carbocycles. The second-order valence-electron chi connectivity index (χ2n) is 4.82. The van der Waals surface area contributed by atoms with Crippen molar-refractivity contribution in [2.45, 2.75) is 13.0 Å². The number of nitrogen functional groups attached to an aromatic ring is 1. The first-order valence-corrected chi connectivity index (χ1v) is 6.31. The lowest BCUT2D eigenvalue weighted by atomic mass is 10.00. The topological polar surface area (TPSA) is 64.2 Å². The molecule has 0 spiro atoms. The van der Waals surface area contributed by atoms with E-state index in [2.05, 4.69) is 17.2 Å². The number of anilines is 1. The normalized spacial score (nSPS) is 14.3. The third-order valence-electron chi connectivity index (χ3n) is 3.55. The van der Waals surface area contributed by atoms with E-state index in [0.717, 1.165) is 13.0 Å². The molecule has 1 aromatic carbocycles. The number of benzene rings is 1. The molecule has 0 atom stereocenters. The molecule has 2 heterocycles. The molecule has 0 fully saturated rings. The van der Waals surface area contributed by atoms with E-state index in [1.165, 1.54) is 15.8 Å². The van der Waals surface area contributed by atoms with Gasteiger partial charge in [0.2, 0.25) is 0 Å². The smallest absolute Gasteiger partial charge is 0.274 e. The van der Waals surface area contributed by atoms with Crippen LogP contribution in [0.15, 0.2) is 30.3 Å². The molecule has 5 heteroatoms. The number of aryl methyl sites for hydroxylation is 1. The monoisotopic (exact) mass is 256 g/mol. The molecule has 3 rings (SSSR count). The lowest BCUT2D eigenvalue weighted by Crippen LogP contribution is -2.36. The fourth-order valence-corrected chi connectivity index (χ4v) is 2.42. The van der Waals surface area contributed by atoms with Crippen molar-refractivity contribution in [3.05, 3.63) is 47.2 Å². The maximum atomic E-state index is 12.4. The maximum Gasteiger partial charge on any atom is 0.274 e. The molecule has 98 valence electrons. The first kappa shape index (κ1) is 11.8. The number of nitrogens with two attached hydrogens (primary N) is 1. The molecule has 0 bridgehead atoms. The Balaban J connectivity index is 1.83. The summed E-state index contributed by atoms with van der Waals surface area (Å²) in [5.74, 6) is 0.447. The van der Waals surface area contributed by atoms with Crippen LogP contribution in [0.3, 0.4) is 0 Å². The Bertz CT molecular complexity index is 613. The zero-order valence-corrected chi connectivity index (χ0v) is 10.8. The summed E-state index contributed by atoms with van der Waals surface area (Å²) in [4.78, 5) is 14.2. The van der Waals surface area contributed by atoms with Crippen molar-refractivity contribution >= 4 is 11.7 Å². The average molecular weight is 256 g/mol. The highest BCUT2D eigenvalue weighted by atomic mass is 16.2. The number of hydrogen-bond donors (Lipinski definition) is 1. The largest absolute Gasteiger partial charge is 0.384 e. The summed E-state index contributed by atoms with van der Waals surface area (Å²) in [6.07, 6.45) is 0.893. The highest BCUT2D eigenvalue weighted by Crippen LogP contribution is 2.20. The molecule has 0 radical (unpaired) electrons. The van der Waals surface area contributed by atoms with Crippen LogP contribution in [0.4, 0.5) is 5.82 Å². The Morgan fingerprint density at radius 2 is 2.05 bits per heavy atom. The van der Waals surface area contributed by atoms with Crippen molar-refractivity contribution in [1.29, 1.82) is 0 Å². The van der Waals surface area contributed by atoms with E-state index in [4.69, 9.17) is 5.73 Å². The second-order valence-corrected chi connectivity index (χ2v) is 4.82. The molecule has 0 unspecified atom stereocenters. The fraction of sp³-hybridized carbons (Fsp3) is 0.286. The lowest BCUT2D eigenvalue weighted by Gasteiger charge is -2.28. The van der Waals surface area contributed by atoms with Crippen molar-refractivity contribution in [3.8, 4) is 0 Å². The molecule has 1 aromatic heterocycles. The van der Waals surface area contributed by atoms with Gasteiger partial charge in [-0.15, -0.1) is 0 Å². The summed E-state index contributed by atoms with van der Waals surface area (Å²) in [6.45, 7) is 1.37. The van der Waals surface area contributed by atoms with Gasteiger partial charge >= 0.3 is 0 Å². The number of fused-ring (bicyclic) bond motifs is 1. The van der Waals surface area contributed by atoms with Gasteiger partial charge in [0.05, 0.1) is 0 Å². The van der Waals surface area contributed by atoms with Crippen LogP contribution in [-0.2, 0) is 20.0 Å². The SMILES string of the molecule is Cn1nc(C(=O)N2CCc3ccccc3C2)cc1N. The van der Waals surface area contributed by atoms with Crippen LogP contribution in [0.2, 0.25) is 0 Å². The van der Waals surface area contributed by atoms with Gasteiger partial charge in [-0.1, -0.05) is 24.3 Å². The van der Waals surface area contributed by atoms with E-state index in [0.29, 0.717) is 18.1 Å². The summed E-state index contributed by atoms with van der Waals surface area (Å²) >= 11 is 0. The molecule has 1 amide bonds. The van der Waals surface area contributed by atoms with Gasteiger partial charge in [0.1, 0.15) is 5.82 Å². The Hall–Kier alpha value is -2.30. The zero-order chi connectivity index (χ0) is 13.4. The Kier molecular flexibility index (Phi) is 2.74. The third kappa shape index (κ3) is 2.07. The first-order chi connectivity index (χ1) is 9.15. The fourth-order valence-electron chi connectivity index (χ4n) is 2.42. The number of hydrogen-bond acceptors (Lipinski definition) is 3. The Morgan fingerprint density at radius 1 is 1.32 bits per heavy atom. The number of aromatic nitrogens is 2. The Morgan fingerprint density at radius 3 is 2.74 bits per heavy atom. The number of carbonyl (C=O) groups is 1. The minimum absolute atomic E-state index is 0.0539. The van der Waals surface area contributed by atoms with Gasteiger partial charge in [-0.3, -0.25) is 9.48 Å². The van der Waals surface area contributed by atoms with Gasteiger partial charge < -0.3 is 10.6 Å². The summed E-state index contributed by atoms with van der Waals surface area (Å²) < 4.78 is 1.52. The average Bonchev–Trinajstić information content (AvgIpc) is 2.77. The number of nitrogens with zero attached hydrogens (tertiary/aromatic N) is 3. The zero-order valence-electron chi connectivity index (χ0n) is 10.8. The number of rotatable bonds is 1. The summed E-state index contributed by atoms with van der Waals surface area (Å²) in [5, 5.41) is 4.14. The van der Waals surface area contributed by atoms with E-state index in [-0.39, 0.29) is 5.91 Å². The quantitative estimate of drug-likeness (QED) is 0.834. The maximum absolute atomic E-state index is 12.4. The highest BCUT2D eigenvalue weighted by Gasteiger charge is 2.23. The predicted molar refractivity (Wildman–Crippen MR) is 72.5 cm³/mol. The second kappa shape index (κ2) is 4.42. The van der Waals surface area contributed by atoms with E-state index in [1.54, 1.807) is 13.1 Å². The van der Waals surface area contributed by atoms with Crippen LogP contribution in [-0.4, -0.2) is 27.1 Å². The van der Waals surface area contributed by atoms with Crippen LogP contribution < -0.4 is 5.73 Å². The van der Waals surface area contributed by atoms with Gasteiger partial charge in [-0.2, -0.15) is 5.10 Å². The molecular weight excluding hydrogens is 240 g/mol. The van der Waals surface area contributed by atoms with Crippen LogP contribution >= 0.6 is 0 Å².